The van der Waals surface area contributed by atoms with E-state index >= 15 is 0 Å². The molecule has 6 nitrogen and oxygen atoms in total. The van der Waals surface area contributed by atoms with Crippen molar-refractivity contribution in [3.8, 4) is 5.75 Å². The summed E-state index contributed by atoms with van der Waals surface area (Å²) < 4.78 is 5.77. The van der Waals surface area contributed by atoms with Crippen LogP contribution in [0.2, 0.25) is 0 Å². The number of carboxylic acid groups (broad SMARTS) is 1. The normalized spacial score (nSPS) is 18.0. The molecule has 0 aliphatic carbocycles. The minimum absolute atomic E-state index is 0.120. The molecule has 23 heavy (non-hydrogen) atoms. The third kappa shape index (κ3) is 4.55. The van der Waals surface area contributed by atoms with Gasteiger partial charge >= 0.3 is 5.97 Å². The van der Waals surface area contributed by atoms with Gasteiger partial charge in [0.05, 0.1) is 18.9 Å². The maximum absolute atomic E-state index is 12.1. The Kier molecular flexibility index (Phi) is 5.36. The van der Waals surface area contributed by atoms with E-state index in [1.54, 1.807) is 18.2 Å². The molecule has 2 rings (SSSR count). The van der Waals surface area contributed by atoms with Crippen molar-refractivity contribution in [3.63, 3.8) is 0 Å². The summed E-state index contributed by atoms with van der Waals surface area (Å²) in [5.74, 6) is -1.18. The highest BCUT2D eigenvalue weighted by Crippen LogP contribution is 2.33. The molecule has 0 spiro atoms. The predicted molar refractivity (Wildman–Crippen MR) is 83.2 cm³/mol. The molecule has 1 atom stereocenters. The molecular formula is C17H21NO5. The fraction of sp³-hybridized carbons (Fsp3) is 0.471. The van der Waals surface area contributed by atoms with Crippen LogP contribution < -0.4 is 10.1 Å². The van der Waals surface area contributed by atoms with Crippen molar-refractivity contribution in [3.05, 3.63) is 29.3 Å². The lowest BCUT2D eigenvalue weighted by atomic mass is 9.88. The Balaban J connectivity index is 2.32. The van der Waals surface area contributed by atoms with Crippen LogP contribution in [0.25, 0.3) is 0 Å². The smallest absolute Gasteiger partial charge is 0.307 e. The Labute approximate surface area is 134 Å². The molecule has 1 heterocycles. The van der Waals surface area contributed by atoms with Crippen LogP contribution in [-0.2, 0) is 20.8 Å². The van der Waals surface area contributed by atoms with E-state index in [-0.39, 0.29) is 24.7 Å². The van der Waals surface area contributed by atoms with E-state index in [0.717, 1.165) is 0 Å². The fourth-order valence-corrected chi connectivity index (χ4v) is 2.53. The highest BCUT2D eigenvalue weighted by atomic mass is 16.5. The lowest BCUT2D eigenvalue weighted by Crippen LogP contribution is -2.39. The predicted octanol–water partition coefficient (Wildman–Crippen LogP) is 1.87. The Bertz CT molecular complexity index is 623. The molecule has 1 saturated heterocycles. The number of hydrogen-bond acceptors (Lipinski definition) is 4. The fourth-order valence-electron chi connectivity index (χ4n) is 2.53. The Morgan fingerprint density at radius 1 is 1.39 bits per heavy atom. The monoisotopic (exact) mass is 319 g/mol. The number of aliphatic carboxylic acids is 1. The van der Waals surface area contributed by atoms with Gasteiger partial charge in [0, 0.05) is 12.0 Å². The SMILES string of the molecule is CC(C)COc1ccc(CC(=O)O)cc1C1CCC(=O)NC1=O. The number of nitrogens with one attached hydrogen (secondary N) is 1. The molecule has 0 saturated carbocycles. The number of amides is 2. The number of carbonyl (C=O) groups excluding carboxylic acids is 2. The van der Waals surface area contributed by atoms with E-state index in [4.69, 9.17) is 9.84 Å². The second-order valence-corrected chi connectivity index (χ2v) is 6.15. The molecule has 1 unspecified atom stereocenters. The summed E-state index contributed by atoms with van der Waals surface area (Å²) in [5.41, 5.74) is 1.25. The molecule has 1 aromatic rings. The van der Waals surface area contributed by atoms with E-state index in [1.165, 1.54) is 0 Å². The van der Waals surface area contributed by atoms with Gasteiger partial charge in [-0.1, -0.05) is 26.0 Å². The molecule has 6 heteroatoms. The van der Waals surface area contributed by atoms with Crippen molar-refractivity contribution in [1.82, 2.24) is 5.32 Å². The molecule has 124 valence electrons. The number of carboxylic acids is 1. The second kappa shape index (κ2) is 7.26. The minimum atomic E-state index is -0.935. The second-order valence-electron chi connectivity index (χ2n) is 6.15. The molecule has 2 amide bonds. The molecule has 1 fully saturated rings. The maximum Gasteiger partial charge on any atom is 0.307 e. The highest BCUT2D eigenvalue weighted by molar-refractivity contribution is 6.01. The Morgan fingerprint density at radius 2 is 2.13 bits per heavy atom. The van der Waals surface area contributed by atoms with Gasteiger partial charge in [-0.2, -0.15) is 0 Å². The lowest BCUT2D eigenvalue weighted by Gasteiger charge is -2.24. The van der Waals surface area contributed by atoms with Crippen molar-refractivity contribution >= 4 is 17.8 Å². The summed E-state index contributed by atoms with van der Waals surface area (Å²) in [6, 6.07) is 5.10. The van der Waals surface area contributed by atoms with Crippen LogP contribution in [0.5, 0.6) is 5.75 Å². The van der Waals surface area contributed by atoms with Gasteiger partial charge in [0.1, 0.15) is 5.75 Å². The summed E-state index contributed by atoms with van der Waals surface area (Å²) in [5, 5.41) is 11.3. The number of rotatable bonds is 6. The van der Waals surface area contributed by atoms with E-state index < -0.39 is 11.9 Å². The van der Waals surface area contributed by atoms with Gasteiger partial charge in [0.25, 0.3) is 0 Å². The van der Waals surface area contributed by atoms with Crippen LogP contribution in [0, 0.1) is 5.92 Å². The van der Waals surface area contributed by atoms with Crippen molar-refractivity contribution in [2.75, 3.05) is 6.61 Å². The topological polar surface area (TPSA) is 92.7 Å². The number of ether oxygens (including phenoxy) is 1. The van der Waals surface area contributed by atoms with Crippen molar-refractivity contribution in [2.45, 2.75) is 39.0 Å². The molecule has 2 N–H and O–H groups in total. The van der Waals surface area contributed by atoms with Crippen LogP contribution >= 0.6 is 0 Å². The number of carbonyl (C=O) groups is 3. The standard InChI is InChI=1S/C17H21NO5/c1-10(2)9-23-14-5-3-11(8-16(20)21)7-13(14)12-4-6-15(19)18-17(12)22/h3,5,7,10,12H,4,6,8-9H2,1-2H3,(H,20,21)(H,18,19,22). The first-order chi connectivity index (χ1) is 10.9. The zero-order valence-corrected chi connectivity index (χ0v) is 13.3. The average molecular weight is 319 g/mol. The Hall–Kier alpha value is -2.37. The molecule has 0 bridgehead atoms. The molecule has 0 radical (unpaired) electrons. The molecule has 1 aromatic carbocycles. The van der Waals surface area contributed by atoms with Crippen LogP contribution in [0.15, 0.2) is 18.2 Å². The first-order valence-corrected chi connectivity index (χ1v) is 7.68. The lowest BCUT2D eigenvalue weighted by molar-refractivity contribution is -0.136. The quantitative estimate of drug-likeness (QED) is 0.781. The van der Waals surface area contributed by atoms with Gasteiger partial charge in [-0.3, -0.25) is 19.7 Å². The zero-order valence-electron chi connectivity index (χ0n) is 13.3. The van der Waals surface area contributed by atoms with E-state index in [2.05, 4.69) is 5.32 Å². The Morgan fingerprint density at radius 3 is 2.74 bits per heavy atom. The van der Waals surface area contributed by atoms with Gasteiger partial charge < -0.3 is 9.84 Å². The minimum Gasteiger partial charge on any atom is -0.493 e. The number of piperidine rings is 1. The van der Waals surface area contributed by atoms with Gasteiger partial charge in [0.2, 0.25) is 11.8 Å². The summed E-state index contributed by atoms with van der Waals surface area (Å²) in [6.45, 7) is 4.54. The largest absolute Gasteiger partial charge is 0.493 e. The summed E-state index contributed by atoms with van der Waals surface area (Å²) in [4.78, 5) is 34.4. The van der Waals surface area contributed by atoms with Crippen molar-refractivity contribution < 1.29 is 24.2 Å². The third-order valence-corrected chi connectivity index (χ3v) is 3.62. The molecule has 1 aliphatic rings. The number of benzene rings is 1. The van der Waals surface area contributed by atoms with Gasteiger partial charge in [0.15, 0.2) is 0 Å². The van der Waals surface area contributed by atoms with Crippen LogP contribution in [-0.4, -0.2) is 29.5 Å². The van der Waals surface area contributed by atoms with E-state index in [9.17, 15) is 14.4 Å². The van der Waals surface area contributed by atoms with Crippen LogP contribution in [0.4, 0.5) is 0 Å². The van der Waals surface area contributed by atoms with Gasteiger partial charge in [-0.15, -0.1) is 0 Å². The molecule has 1 aliphatic heterocycles. The summed E-state index contributed by atoms with van der Waals surface area (Å²) in [7, 11) is 0. The average Bonchev–Trinajstić information content (AvgIpc) is 2.45. The first-order valence-electron chi connectivity index (χ1n) is 7.68. The van der Waals surface area contributed by atoms with E-state index in [1.807, 2.05) is 13.8 Å². The van der Waals surface area contributed by atoms with Crippen LogP contribution in [0.1, 0.15) is 43.7 Å². The van der Waals surface area contributed by atoms with Crippen molar-refractivity contribution in [2.24, 2.45) is 5.92 Å². The number of imide groups is 1. The molecular weight excluding hydrogens is 298 g/mol. The zero-order chi connectivity index (χ0) is 17.0. The molecule has 0 aromatic heterocycles. The highest BCUT2D eigenvalue weighted by Gasteiger charge is 2.30. The summed E-state index contributed by atoms with van der Waals surface area (Å²) in [6.07, 6.45) is 0.549. The summed E-state index contributed by atoms with van der Waals surface area (Å²) >= 11 is 0. The third-order valence-electron chi connectivity index (χ3n) is 3.62. The van der Waals surface area contributed by atoms with Crippen LogP contribution in [0.3, 0.4) is 0 Å². The van der Waals surface area contributed by atoms with Gasteiger partial charge in [-0.05, 0) is 24.0 Å². The van der Waals surface area contributed by atoms with Gasteiger partial charge in [-0.25, -0.2) is 0 Å². The van der Waals surface area contributed by atoms with E-state index in [0.29, 0.717) is 35.8 Å². The number of hydrogen-bond donors (Lipinski definition) is 2. The maximum atomic E-state index is 12.1. The first kappa shape index (κ1) is 17.0. The van der Waals surface area contributed by atoms with Crippen molar-refractivity contribution in [1.29, 1.82) is 0 Å².